The van der Waals surface area contributed by atoms with Crippen LogP contribution in [0.3, 0.4) is 0 Å². The monoisotopic (exact) mass is 363 g/mol. The Hall–Kier alpha value is -2.11. The number of carbonyl (C=O) groups is 1. The first-order valence-corrected chi connectivity index (χ1v) is 7.52. The number of anilines is 1. The summed E-state index contributed by atoms with van der Waals surface area (Å²) in [5, 5.41) is 20.6. The third-order valence-electron chi connectivity index (χ3n) is 3.42. The van der Waals surface area contributed by atoms with Crippen LogP contribution in [0.1, 0.15) is 20.1 Å². The van der Waals surface area contributed by atoms with Gasteiger partial charge in [-0.25, -0.2) is 9.59 Å². The molecule has 11 heteroatoms. The minimum atomic E-state index is -3.80. The Bertz CT molecular complexity index is 681. The van der Waals surface area contributed by atoms with Gasteiger partial charge in [0.2, 0.25) is 6.23 Å². The van der Waals surface area contributed by atoms with Gasteiger partial charge in [0.25, 0.3) is 0 Å². The average molecular weight is 363 g/mol. The molecule has 1 fully saturated rings. The first-order valence-electron chi connectivity index (χ1n) is 7.52. The Morgan fingerprint density at radius 3 is 2.76 bits per heavy atom. The van der Waals surface area contributed by atoms with E-state index < -0.39 is 42.7 Å². The summed E-state index contributed by atoms with van der Waals surface area (Å²) in [7, 11) is 0. The minimum Gasteiger partial charge on any atom is -0.449 e. The van der Waals surface area contributed by atoms with Crippen molar-refractivity contribution in [2.45, 2.75) is 38.2 Å². The fourth-order valence-corrected chi connectivity index (χ4v) is 2.16. The standard InChI is InChI=1S/C14H19F2N3O6/c1-7(2)6-24-13(23)18-9-3-4-19(12(22)17-9)11-14(15,16)10(21)8(5-20)25-11/h3-4,7-8,10-11,20-21H,5-6H2,1-2H3,(H,17,18,22,23). The number of aliphatic hydroxyl groups excluding tert-OH is 2. The Morgan fingerprint density at radius 2 is 2.24 bits per heavy atom. The molecule has 3 unspecified atom stereocenters. The summed E-state index contributed by atoms with van der Waals surface area (Å²) in [6.45, 7) is 2.99. The summed E-state index contributed by atoms with van der Waals surface area (Å²) in [4.78, 5) is 26.9. The fourth-order valence-electron chi connectivity index (χ4n) is 2.16. The van der Waals surface area contributed by atoms with Gasteiger partial charge in [-0.3, -0.25) is 9.88 Å². The number of hydrogen-bond acceptors (Lipinski definition) is 7. The van der Waals surface area contributed by atoms with Crippen molar-refractivity contribution in [1.82, 2.24) is 9.55 Å². The zero-order chi connectivity index (χ0) is 18.8. The molecular weight excluding hydrogens is 344 g/mol. The number of ether oxygens (including phenoxy) is 2. The lowest BCUT2D eigenvalue weighted by atomic mass is 10.1. The highest BCUT2D eigenvalue weighted by Gasteiger charge is 2.59. The van der Waals surface area contributed by atoms with Crippen LogP contribution >= 0.6 is 0 Å². The third-order valence-corrected chi connectivity index (χ3v) is 3.42. The number of rotatable bonds is 5. The van der Waals surface area contributed by atoms with Crippen molar-refractivity contribution in [3.8, 4) is 0 Å². The van der Waals surface area contributed by atoms with E-state index in [1.165, 1.54) is 0 Å². The van der Waals surface area contributed by atoms with Crippen LogP contribution in [0.15, 0.2) is 17.1 Å². The first kappa shape index (κ1) is 19.2. The van der Waals surface area contributed by atoms with E-state index in [4.69, 9.17) is 14.6 Å². The summed E-state index contributed by atoms with van der Waals surface area (Å²) in [5.74, 6) is -3.88. The van der Waals surface area contributed by atoms with Gasteiger partial charge in [0, 0.05) is 6.20 Å². The average Bonchev–Trinajstić information content (AvgIpc) is 2.76. The van der Waals surface area contributed by atoms with E-state index in [2.05, 4.69) is 10.3 Å². The Kier molecular flexibility index (Phi) is 5.70. The van der Waals surface area contributed by atoms with Gasteiger partial charge in [-0.15, -0.1) is 0 Å². The fraction of sp³-hybridized carbons (Fsp3) is 0.643. The maximum absolute atomic E-state index is 14.0. The zero-order valence-corrected chi connectivity index (χ0v) is 13.6. The second-order valence-corrected chi connectivity index (χ2v) is 5.95. The van der Waals surface area contributed by atoms with Gasteiger partial charge < -0.3 is 19.7 Å². The lowest BCUT2D eigenvalue weighted by Gasteiger charge is -2.21. The first-order chi connectivity index (χ1) is 11.7. The maximum Gasteiger partial charge on any atom is 0.412 e. The molecule has 3 N–H and O–H groups in total. The number of halogens is 2. The van der Waals surface area contributed by atoms with Crippen LogP contribution in [-0.4, -0.2) is 57.2 Å². The molecule has 3 atom stereocenters. The SMILES string of the molecule is CC(C)COC(=O)Nc1ccn(C2OC(CO)C(O)C2(F)F)c(=O)n1. The van der Waals surface area contributed by atoms with Crippen LogP contribution in [0, 0.1) is 5.92 Å². The molecule has 0 aliphatic carbocycles. The van der Waals surface area contributed by atoms with Gasteiger partial charge in [-0.2, -0.15) is 13.8 Å². The van der Waals surface area contributed by atoms with Gasteiger partial charge in [0.05, 0.1) is 13.2 Å². The summed E-state index contributed by atoms with van der Waals surface area (Å²) < 4.78 is 38.2. The third kappa shape index (κ3) is 4.11. The highest BCUT2D eigenvalue weighted by atomic mass is 19.3. The topological polar surface area (TPSA) is 123 Å². The molecular formula is C14H19F2N3O6. The van der Waals surface area contributed by atoms with Crippen molar-refractivity contribution in [3.05, 3.63) is 22.7 Å². The molecule has 0 spiro atoms. The Morgan fingerprint density at radius 1 is 1.56 bits per heavy atom. The van der Waals surface area contributed by atoms with Crippen molar-refractivity contribution < 1.29 is 33.3 Å². The zero-order valence-electron chi connectivity index (χ0n) is 13.6. The normalized spacial score (nSPS) is 25.2. The summed E-state index contributed by atoms with van der Waals surface area (Å²) in [5.41, 5.74) is -1.13. The lowest BCUT2D eigenvalue weighted by molar-refractivity contribution is -0.140. The molecule has 0 saturated carbocycles. The molecule has 2 rings (SSSR count). The van der Waals surface area contributed by atoms with Crippen LogP contribution < -0.4 is 11.0 Å². The van der Waals surface area contributed by atoms with Crippen molar-refractivity contribution >= 4 is 11.9 Å². The largest absolute Gasteiger partial charge is 0.449 e. The van der Waals surface area contributed by atoms with Crippen molar-refractivity contribution in [2.75, 3.05) is 18.5 Å². The molecule has 1 aromatic rings. The van der Waals surface area contributed by atoms with Gasteiger partial charge in [0.1, 0.15) is 11.9 Å². The number of aliphatic hydroxyl groups is 2. The molecule has 0 bridgehead atoms. The van der Waals surface area contributed by atoms with Crippen LogP contribution in [0.4, 0.5) is 19.4 Å². The molecule has 9 nitrogen and oxygen atoms in total. The predicted molar refractivity (Wildman–Crippen MR) is 80.3 cm³/mol. The van der Waals surface area contributed by atoms with Gasteiger partial charge in [0.15, 0.2) is 6.10 Å². The number of nitrogens with zero attached hydrogens (tertiary/aromatic N) is 2. The number of aromatic nitrogens is 2. The molecule has 1 amide bonds. The molecule has 25 heavy (non-hydrogen) atoms. The predicted octanol–water partition coefficient (Wildman–Crippen LogP) is 0.334. The maximum atomic E-state index is 14.0. The minimum absolute atomic E-state index is 0.111. The molecule has 1 aliphatic heterocycles. The second kappa shape index (κ2) is 7.42. The molecule has 1 aromatic heterocycles. The number of carbonyl (C=O) groups excluding carboxylic acids is 1. The Labute approximate surface area is 141 Å². The van der Waals surface area contributed by atoms with Crippen molar-refractivity contribution in [1.29, 1.82) is 0 Å². The Balaban J connectivity index is 2.15. The molecule has 0 radical (unpaired) electrons. The van der Waals surface area contributed by atoms with Crippen LogP contribution in [0.25, 0.3) is 0 Å². The number of nitrogens with one attached hydrogen (secondary N) is 1. The second-order valence-electron chi connectivity index (χ2n) is 5.95. The summed E-state index contributed by atoms with van der Waals surface area (Å²) in [6, 6.07) is 1.11. The van der Waals surface area contributed by atoms with Crippen molar-refractivity contribution in [3.63, 3.8) is 0 Å². The molecule has 0 aromatic carbocycles. The number of hydrogen-bond donors (Lipinski definition) is 3. The van der Waals surface area contributed by atoms with Gasteiger partial charge in [-0.1, -0.05) is 13.8 Å². The summed E-state index contributed by atoms with van der Waals surface area (Å²) in [6.07, 6.45) is -5.81. The highest BCUT2D eigenvalue weighted by molar-refractivity contribution is 5.83. The lowest BCUT2D eigenvalue weighted by Crippen LogP contribution is -2.41. The molecule has 1 saturated heterocycles. The van der Waals surface area contributed by atoms with E-state index >= 15 is 0 Å². The molecule has 1 aliphatic rings. The van der Waals surface area contributed by atoms with E-state index in [0.29, 0.717) is 4.57 Å². The molecule has 2 heterocycles. The number of alkyl halides is 2. The smallest absolute Gasteiger partial charge is 0.412 e. The quantitative estimate of drug-likeness (QED) is 0.689. The summed E-state index contributed by atoms with van der Waals surface area (Å²) >= 11 is 0. The van der Waals surface area contributed by atoms with Crippen LogP contribution in [0.2, 0.25) is 0 Å². The van der Waals surface area contributed by atoms with E-state index in [1.807, 2.05) is 13.8 Å². The van der Waals surface area contributed by atoms with Crippen LogP contribution in [0.5, 0.6) is 0 Å². The van der Waals surface area contributed by atoms with Gasteiger partial charge >= 0.3 is 17.7 Å². The van der Waals surface area contributed by atoms with E-state index in [9.17, 15) is 23.5 Å². The van der Waals surface area contributed by atoms with E-state index in [0.717, 1.165) is 12.3 Å². The van der Waals surface area contributed by atoms with E-state index in [1.54, 1.807) is 0 Å². The van der Waals surface area contributed by atoms with E-state index in [-0.39, 0.29) is 18.3 Å². The van der Waals surface area contributed by atoms with Gasteiger partial charge in [-0.05, 0) is 12.0 Å². The van der Waals surface area contributed by atoms with Crippen molar-refractivity contribution in [2.24, 2.45) is 5.92 Å². The molecule has 140 valence electrons. The highest BCUT2D eigenvalue weighted by Crippen LogP contribution is 2.41. The number of amides is 1. The van der Waals surface area contributed by atoms with Crippen LogP contribution in [-0.2, 0) is 9.47 Å².